The molecule has 1 aromatic rings. The molecule has 1 aromatic heterocycles. The molecule has 0 aliphatic carbocycles. The third-order valence-corrected chi connectivity index (χ3v) is 4.11. The fourth-order valence-corrected chi connectivity index (χ4v) is 2.87. The summed E-state index contributed by atoms with van der Waals surface area (Å²) in [7, 11) is 1.77. The molecule has 0 atom stereocenters. The largest absolute Gasteiger partial charge is 0.344 e. The zero-order chi connectivity index (χ0) is 12.4. The van der Waals surface area contributed by atoms with Crippen molar-refractivity contribution >= 4 is 35.8 Å². The highest BCUT2D eigenvalue weighted by atomic mass is 32.1. The highest BCUT2D eigenvalue weighted by Gasteiger charge is 2.24. The summed E-state index contributed by atoms with van der Waals surface area (Å²) < 4.78 is 0. The number of nitrogens with zero attached hydrogens (tertiary/aromatic N) is 2. The summed E-state index contributed by atoms with van der Waals surface area (Å²) in [6, 6.07) is 1.75. The minimum Gasteiger partial charge on any atom is -0.344 e. The zero-order valence-electron chi connectivity index (χ0n) is 9.55. The van der Waals surface area contributed by atoms with E-state index in [1.807, 2.05) is 5.38 Å². The zero-order valence-corrected chi connectivity index (χ0v) is 11.3. The lowest BCUT2D eigenvalue weighted by Gasteiger charge is -2.18. The Kier molecular flexibility index (Phi) is 3.73. The van der Waals surface area contributed by atoms with E-state index in [0.717, 1.165) is 11.3 Å². The average Bonchev–Trinajstić information content (AvgIpc) is 2.65. The molecular weight excluding hydrogens is 256 g/mol. The number of likely N-dealkylation sites (N-methyl/N-ethyl adjacent to an activating group) is 1. The van der Waals surface area contributed by atoms with Gasteiger partial charge in [-0.3, -0.25) is 9.59 Å². The van der Waals surface area contributed by atoms with Crippen LogP contribution in [0.5, 0.6) is 0 Å². The number of hydrogen-bond acceptors (Lipinski definition) is 4. The molecule has 1 fully saturated rings. The van der Waals surface area contributed by atoms with Crippen molar-refractivity contribution in [2.45, 2.75) is 11.3 Å². The Bertz CT molecular complexity index is 444. The topological polar surface area (TPSA) is 40.6 Å². The van der Waals surface area contributed by atoms with Crippen molar-refractivity contribution in [2.24, 2.45) is 0 Å². The van der Waals surface area contributed by atoms with Crippen molar-refractivity contribution in [1.29, 1.82) is 0 Å². The molecule has 6 heteroatoms. The van der Waals surface area contributed by atoms with E-state index in [4.69, 9.17) is 0 Å². The second-order valence-corrected chi connectivity index (χ2v) is 5.49. The van der Waals surface area contributed by atoms with E-state index in [0.29, 0.717) is 18.0 Å². The van der Waals surface area contributed by atoms with Crippen LogP contribution in [-0.4, -0.2) is 48.3 Å². The third-order valence-electron chi connectivity index (χ3n) is 2.76. The van der Waals surface area contributed by atoms with Crippen LogP contribution in [0.2, 0.25) is 0 Å². The van der Waals surface area contributed by atoms with Crippen LogP contribution in [0.25, 0.3) is 0 Å². The molecule has 92 valence electrons. The van der Waals surface area contributed by atoms with Gasteiger partial charge in [-0.25, -0.2) is 0 Å². The lowest BCUT2D eigenvalue weighted by atomic mass is 10.3. The monoisotopic (exact) mass is 270 g/mol. The van der Waals surface area contributed by atoms with Gasteiger partial charge in [-0.1, -0.05) is 0 Å². The standard InChI is InChI=1S/C11H14N2O2S2/c1-12-3-2-4-13(6-10(12)14)11(15)9-5-8(16)7-17-9/h5,7,16H,2-4,6H2,1H3. The van der Waals surface area contributed by atoms with Crippen molar-refractivity contribution < 1.29 is 9.59 Å². The van der Waals surface area contributed by atoms with Gasteiger partial charge in [0, 0.05) is 30.4 Å². The van der Waals surface area contributed by atoms with Gasteiger partial charge in [-0.15, -0.1) is 24.0 Å². The van der Waals surface area contributed by atoms with E-state index in [2.05, 4.69) is 12.6 Å². The molecule has 1 aliphatic heterocycles. The number of carbonyl (C=O) groups excluding carboxylic acids is 2. The molecule has 0 saturated carbocycles. The van der Waals surface area contributed by atoms with E-state index in [-0.39, 0.29) is 18.4 Å². The molecule has 0 bridgehead atoms. The smallest absolute Gasteiger partial charge is 0.264 e. The second kappa shape index (κ2) is 5.10. The number of amides is 2. The normalized spacial score (nSPS) is 17.2. The van der Waals surface area contributed by atoms with Gasteiger partial charge in [0.2, 0.25) is 5.91 Å². The fraction of sp³-hybridized carbons (Fsp3) is 0.455. The minimum atomic E-state index is -0.0704. The molecule has 2 heterocycles. The molecule has 1 aliphatic rings. The van der Waals surface area contributed by atoms with Gasteiger partial charge in [-0.2, -0.15) is 0 Å². The molecular formula is C11H14N2O2S2. The highest BCUT2D eigenvalue weighted by molar-refractivity contribution is 7.80. The molecule has 0 unspecified atom stereocenters. The van der Waals surface area contributed by atoms with Crippen LogP contribution in [-0.2, 0) is 4.79 Å². The van der Waals surface area contributed by atoms with E-state index >= 15 is 0 Å². The summed E-state index contributed by atoms with van der Waals surface area (Å²) in [4.78, 5) is 28.6. The SMILES string of the molecule is CN1CCCN(C(=O)c2cc(S)cs2)CC1=O. The van der Waals surface area contributed by atoms with E-state index < -0.39 is 0 Å². The molecule has 0 spiro atoms. The predicted molar refractivity (Wildman–Crippen MR) is 69.7 cm³/mol. The summed E-state index contributed by atoms with van der Waals surface area (Å²) in [5.74, 6) is -0.0718. The maximum Gasteiger partial charge on any atom is 0.264 e. The van der Waals surface area contributed by atoms with Crippen LogP contribution >= 0.6 is 24.0 Å². The molecule has 1 saturated heterocycles. The molecule has 4 nitrogen and oxygen atoms in total. The van der Waals surface area contributed by atoms with Crippen LogP contribution in [0.15, 0.2) is 16.3 Å². The molecule has 2 rings (SSSR count). The first-order chi connectivity index (χ1) is 8.08. The van der Waals surface area contributed by atoms with Crippen molar-refractivity contribution in [3.05, 3.63) is 16.3 Å². The van der Waals surface area contributed by atoms with Gasteiger partial charge in [0.25, 0.3) is 5.91 Å². The fourth-order valence-electron chi connectivity index (χ4n) is 1.75. The number of carbonyl (C=O) groups is 2. The Morgan fingerprint density at radius 3 is 2.88 bits per heavy atom. The van der Waals surface area contributed by atoms with Crippen molar-refractivity contribution in [3.8, 4) is 0 Å². The third kappa shape index (κ3) is 2.81. The number of rotatable bonds is 1. The lowest BCUT2D eigenvalue weighted by molar-refractivity contribution is -0.129. The summed E-state index contributed by atoms with van der Waals surface area (Å²) >= 11 is 5.55. The number of hydrogen-bond donors (Lipinski definition) is 1. The Balaban J connectivity index is 2.11. The van der Waals surface area contributed by atoms with Crippen molar-refractivity contribution in [3.63, 3.8) is 0 Å². The Labute approximate surface area is 110 Å². The van der Waals surface area contributed by atoms with Crippen LogP contribution < -0.4 is 0 Å². The van der Waals surface area contributed by atoms with E-state index in [9.17, 15) is 9.59 Å². The quantitative estimate of drug-likeness (QED) is 0.782. The highest BCUT2D eigenvalue weighted by Crippen LogP contribution is 2.20. The van der Waals surface area contributed by atoms with Gasteiger partial charge in [0.1, 0.15) is 6.54 Å². The van der Waals surface area contributed by atoms with Gasteiger partial charge in [-0.05, 0) is 12.5 Å². The summed E-state index contributed by atoms with van der Waals surface area (Å²) in [5, 5.41) is 1.82. The van der Waals surface area contributed by atoms with Crippen molar-refractivity contribution in [2.75, 3.05) is 26.7 Å². The second-order valence-electron chi connectivity index (χ2n) is 4.06. The van der Waals surface area contributed by atoms with Gasteiger partial charge < -0.3 is 9.80 Å². The summed E-state index contributed by atoms with van der Waals surface area (Å²) in [6.07, 6.45) is 0.826. The van der Waals surface area contributed by atoms with Crippen molar-refractivity contribution in [1.82, 2.24) is 9.80 Å². The maximum atomic E-state index is 12.1. The molecule has 17 heavy (non-hydrogen) atoms. The summed E-state index contributed by atoms with van der Waals surface area (Å²) in [6.45, 7) is 1.52. The minimum absolute atomic E-state index is 0.00139. The first-order valence-corrected chi connectivity index (χ1v) is 6.71. The molecule has 0 radical (unpaired) electrons. The first-order valence-electron chi connectivity index (χ1n) is 5.38. The molecule has 2 amide bonds. The average molecular weight is 270 g/mol. The van der Waals surface area contributed by atoms with E-state index in [1.54, 1.807) is 22.9 Å². The first kappa shape index (κ1) is 12.4. The van der Waals surface area contributed by atoms with Crippen LogP contribution in [0.3, 0.4) is 0 Å². The molecule has 0 aromatic carbocycles. The number of thiol groups is 1. The van der Waals surface area contributed by atoms with E-state index in [1.165, 1.54) is 11.3 Å². The molecule has 0 N–H and O–H groups in total. The number of thiophene rings is 1. The maximum absolute atomic E-state index is 12.1. The van der Waals surface area contributed by atoms with Crippen LogP contribution in [0.1, 0.15) is 16.1 Å². The predicted octanol–water partition coefficient (Wildman–Crippen LogP) is 1.34. The van der Waals surface area contributed by atoms with Crippen LogP contribution in [0, 0.1) is 0 Å². The summed E-state index contributed by atoms with van der Waals surface area (Å²) in [5.41, 5.74) is 0. The van der Waals surface area contributed by atoms with Gasteiger partial charge in [0.05, 0.1) is 4.88 Å². The Hall–Kier alpha value is -1.01. The Morgan fingerprint density at radius 2 is 2.24 bits per heavy atom. The van der Waals surface area contributed by atoms with Gasteiger partial charge in [0.15, 0.2) is 0 Å². The van der Waals surface area contributed by atoms with Crippen LogP contribution in [0.4, 0.5) is 0 Å². The lowest BCUT2D eigenvalue weighted by Crippen LogP contribution is -2.37. The Morgan fingerprint density at radius 1 is 1.47 bits per heavy atom. The van der Waals surface area contributed by atoms with Gasteiger partial charge >= 0.3 is 0 Å².